The molecule has 1 aromatic rings. The topological polar surface area (TPSA) is 95.7 Å². The second kappa shape index (κ2) is 6.53. The zero-order valence-corrected chi connectivity index (χ0v) is 11.7. The Hall–Kier alpha value is -1.60. The molecule has 7 heteroatoms. The van der Waals surface area contributed by atoms with E-state index < -0.39 is 16.0 Å². The van der Waals surface area contributed by atoms with Crippen molar-refractivity contribution in [2.45, 2.75) is 25.2 Å². The van der Waals surface area contributed by atoms with Gasteiger partial charge in [0.1, 0.15) is 10.6 Å². The Morgan fingerprint density at radius 2 is 2.00 bits per heavy atom. The number of ether oxygens (including phenoxy) is 2. The van der Waals surface area contributed by atoms with Gasteiger partial charge >= 0.3 is 5.97 Å². The van der Waals surface area contributed by atoms with Crippen LogP contribution in [0.15, 0.2) is 23.1 Å². The first kappa shape index (κ1) is 15.5. The summed E-state index contributed by atoms with van der Waals surface area (Å²) in [7, 11) is -3.96. The summed E-state index contributed by atoms with van der Waals surface area (Å²) in [4.78, 5) is 11.4. The van der Waals surface area contributed by atoms with E-state index in [1.54, 1.807) is 6.92 Å². The summed E-state index contributed by atoms with van der Waals surface area (Å²) < 4.78 is 33.0. The number of carbonyl (C=O) groups excluding carboxylic acids is 1. The number of esters is 1. The summed E-state index contributed by atoms with van der Waals surface area (Å²) in [6.07, 6.45) is 0.685. The second-order valence-electron chi connectivity index (χ2n) is 3.78. The predicted molar refractivity (Wildman–Crippen MR) is 69.6 cm³/mol. The van der Waals surface area contributed by atoms with Gasteiger partial charge < -0.3 is 9.47 Å². The minimum atomic E-state index is -3.96. The van der Waals surface area contributed by atoms with Crippen LogP contribution in [0.2, 0.25) is 0 Å². The molecular formula is C12H17NO5S. The van der Waals surface area contributed by atoms with Crippen molar-refractivity contribution in [3.8, 4) is 5.75 Å². The fraction of sp³-hybridized carbons (Fsp3) is 0.417. The number of hydrogen-bond acceptors (Lipinski definition) is 5. The van der Waals surface area contributed by atoms with Crippen molar-refractivity contribution in [2.75, 3.05) is 13.2 Å². The third-order valence-corrected chi connectivity index (χ3v) is 3.16. The van der Waals surface area contributed by atoms with Crippen molar-refractivity contribution in [3.05, 3.63) is 23.8 Å². The second-order valence-corrected chi connectivity index (χ2v) is 5.31. The zero-order chi connectivity index (χ0) is 14.5. The van der Waals surface area contributed by atoms with Gasteiger partial charge in [-0.3, -0.25) is 0 Å². The Morgan fingerprint density at radius 1 is 1.32 bits per heavy atom. The summed E-state index contributed by atoms with van der Waals surface area (Å²) in [5.41, 5.74) is 0.126. The van der Waals surface area contributed by atoms with E-state index in [1.807, 2.05) is 6.92 Å². The molecule has 0 fully saturated rings. The van der Waals surface area contributed by atoms with E-state index in [2.05, 4.69) is 0 Å². The van der Waals surface area contributed by atoms with Gasteiger partial charge in [-0.1, -0.05) is 6.92 Å². The van der Waals surface area contributed by atoms with Crippen molar-refractivity contribution in [2.24, 2.45) is 5.14 Å². The molecule has 19 heavy (non-hydrogen) atoms. The van der Waals surface area contributed by atoms with E-state index >= 15 is 0 Å². The lowest BCUT2D eigenvalue weighted by atomic mass is 10.2. The lowest BCUT2D eigenvalue weighted by molar-refractivity contribution is 0.0505. The third-order valence-electron chi connectivity index (χ3n) is 2.22. The molecule has 0 aliphatic carbocycles. The summed E-state index contributed by atoms with van der Waals surface area (Å²) in [5, 5.41) is 5.10. The molecule has 0 amide bonds. The molecule has 0 aliphatic rings. The maximum Gasteiger partial charge on any atom is 0.338 e. The average molecular weight is 287 g/mol. The predicted octanol–water partition coefficient (Wildman–Crippen LogP) is 1.30. The fourth-order valence-electron chi connectivity index (χ4n) is 1.41. The van der Waals surface area contributed by atoms with Crippen LogP contribution in [0, 0.1) is 0 Å². The largest absolute Gasteiger partial charge is 0.492 e. The van der Waals surface area contributed by atoms with Crippen molar-refractivity contribution < 1.29 is 22.7 Å². The number of nitrogens with two attached hydrogens (primary N) is 1. The molecule has 0 spiro atoms. The number of sulfonamides is 1. The quantitative estimate of drug-likeness (QED) is 0.795. The minimum absolute atomic E-state index is 0.122. The number of hydrogen-bond donors (Lipinski definition) is 1. The van der Waals surface area contributed by atoms with Crippen LogP contribution in [-0.4, -0.2) is 27.6 Å². The van der Waals surface area contributed by atoms with Gasteiger partial charge in [0, 0.05) is 0 Å². The summed E-state index contributed by atoms with van der Waals surface area (Å²) in [6, 6.07) is 4.00. The van der Waals surface area contributed by atoms with Gasteiger partial charge in [0.25, 0.3) is 0 Å². The Kier molecular flexibility index (Phi) is 5.31. The Morgan fingerprint density at radius 3 is 2.53 bits per heavy atom. The molecule has 0 heterocycles. The Labute approximate surface area is 112 Å². The van der Waals surface area contributed by atoms with Crippen molar-refractivity contribution in [3.63, 3.8) is 0 Å². The molecule has 2 N–H and O–H groups in total. The van der Waals surface area contributed by atoms with Crippen LogP contribution in [0.25, 0.3) is 0 Å². The van der Waals surface area contributed by atoms with Crippen LogP contribution in [0.5, 0.6) is 5.75 Å². The molecule has 0 radical (unpaired) electrons. The maximum atomic E-state index is 11.7. The first-order chi connectivity index (χ1) is 8.90. The van der Waals surface area contributed by atoms with Gasteiger partial charge in [-0.05, 0) is 31.5 Å². The zero-order valence-electron chi connectivity index (χ0n) is 10.9. The molecule has 0 saturated heterocycles. The summed E-state index contributed by atoms with van der Waals surface area (Å²) >= 11 is 0. The fourth-order valence-corrected chi connectivity index (χ4v) is 2.11. The lowest BCUT2D eigenvalue weighted by Crippen LogP contribution is -2.15. The van der Waals surface area contributed by atoms with Crippen LogP contribution in [0.1, 0.15) is 30.6 Å². The molecule has 1 rings (SSSR count). The molecule has 6 nitrogen and oxygen atoms in total. The van der Waals surface area contributed by atoms with E-state index in [0.29, 0.717) is 13.0 Å². The van der Waals surface area contributed by atoms with Crippen molar-refractivity contribution in [1.82, 2.24) is 0 Å². The molecule has 0 bridgehead atoms. The highest BCUT2D eigenvalue weighted by molar-refractivity contribution is 7.89. The highest BCUT2D eigenvalue weighted by Gasteiger charge is 2.18. The number of benzene rings is 1. The van der Waals surface area contributed by atoms with Gasteiger partial charge in [0.2, 0.25) is 10.0 Å². The summed E-state index contributed by atoms with van der Waals surface area (Å²) in [6.45, 7) is 4.15. The normalized spacial score (nSPS) is 11.1. The monoisotopic (exact) mass is 287 g/mol. The van der Waals surface area contributed by atoms with Gasteiger partial charge in [0.15, 0.2) is 0 Å². The highest BCUT2D eigenvalue weighted by Crippen LogP contribution is 2.24. The van der Waals surface area contributed by atoms with Gasteiger partial charge in [-0.25, -0.2) is 18.4 Å². The number of primary sulfonamides is 1. The molecule has 0 aromatic heterocycles. The molecule has 0 aliphatic heterocycles. The van der Waals surface area contributed by atoms with Gasteiger partial charge in [-0.2, -0.15) is 0 Å². The maximum absolute atomic E-state index is 11.7. The van der Waals surface area contributed by atoms with Crippen LogP contribution < -0.4 is 9.88 Å². The van der Waals surface area contributed by atoms with E-state index in [-0.39, 0.29) is 22.8 Å². The van der Waals surface area contributed by atoms with Crippen molar-refractivity contribution in [1.29, 1.82) is 0 Å². The van der Waals surface area contributed by atoms with E-state index in [1.165, 1.54) is 18.2 Å². The molecule has 0 unspecified atom stereocenters. The Bertz CT molecular complexity index is 553. The first-order valence-electron chi connectivity index (χ1n) is 5.87. The SMILES string of the molecule is CCCOC(=O)c1ccc(OCC)c(S(N)(=O)=O)c1. The lowest BCUT2D eigenvalue weighted by Gasteiger charge is -2.10. The number of rotatable bonds is 6. The summed E-state index contributed by atoms with van der Waals surface area (Å²) in [5.74, 6) is -0.466. The van der Waals surface area contributed by atoms with Gasteiger partial charge in [0.05, 0.1) is 18.8 Å². The van der Waals surface area contributed by atoms with Crippen LogP contribution in [0.3, 0.4) is 0 Å². The first-order valence-corrected chi connectivity index (χ1v) is 7.41. The highest BCUT2D eigenvalue weighted by atomic mass is 32.2. The van der Waals surface area contributed by atoms with Crippen LogP contribution >= 0.6 is 0 Å². The van der Waals surface area contributed by atoms with Crippen LogP contribution in [0.4, 0.5) is 0 Å². The molecular weight excluding hydrogens is 270 g/mol. The van der Waals surface area contributed by atoms with Crippen molar-refractivity contribution >= 4 is 16.0 Å². The molecule has 0 atom stereocenters. The smallest absolute Gasteiger partial charge is 0.338 e. The van der Waals surface area contributed by atoms with Crippen LogP contribution in [-0.2, 0) is 14.8 Å². The third kappa shape index (κ3) is 4.22. The Balaban J connectivity index is 3.15. The number of carbonyl (C=O) groups is 1. The molecule has 0 saturated carbocycles. The standard InChI is InChI=1S/C12H17NO5S/c1-3-7-18-12(14)9-5-6-10(17-4-2)11(8-9)19(13,15)16/h5-6,8H,3-4,7H2,1-2H3,(H2,13,15,16). The average Bonchev–Trinajstić information content (AvgIpc) is 2.35. The molecule has 106 valence electrons. The van der Waals surface area contributed by atoms with Gasteiger partial charge in [-0.15, -0.1) is 0 Å². The molecule has 1 aromatic carbocycles. The van der Waals surface area contributed by atoms with E-state index in [4.69, 9.17) is 14.6 Å². The minimum Gasteiger partial charge on any atom is -0.492 e. The van der Waals surface area contributed by atoms with E-state index in [0.717, 1.165) is 0 Å². The van der Waals surface area contributed by atoms with E-state index in [9.17, 15) is 13.2 Å².